The molecule has 0 bridgehead atoms. The van der Waals surface area contributed by atoms with Crippen LogP contribution in [0.4, 0.5) is 0 Å². The molecule has 0 spiro atoms. The minimum Gasteiger partial charge on any atom is -0.481 e. The molecule has 1 aromatic rings. The van der Waals surface area contributed by atoms with E-state index in [-0.39, 0.29) is 17.7 Å². The minimum atomic E-state index is -0.807. The molecule has 104 valence electrons. The monoisotopic (exact) mass is 266 g/mol. The molecular formula is C13H18N2O4. The van der Waals surface area contributed by atoms with E-state index in [2.05, 4.69) is 10.5 Å². The number of hydrogen-bond acceptors (Lipinski definition) is 4. The fourth-order valence-electron chi connectivity index (χ4n) is 2.37. The number of nitrogens with one attached hydrogen (secondary N) is 1. The molecule has 1 aromatic heterocycles. The second-order valence-corrected chi connectivity index (χ2v) is 4.90. The van der Waals surface area contributed by atoms with Crippen LogP contribution in [0.25, 0.3) is 0 Å². The molecule has 0 aliphatic heterocycles. The fourth-order valence-corrected chi connectivity index (χ4v) is 2.37. The van der Waals surface area contributed by atoms with Crippen LogP contribution >= 0.6 is 0 Å². The lowest BCUT2D eigenvalue weighted by atomic mass is 10.0. The molecule has 1 heterocycles. The van der Waals surface area contributed by atoms with E-state index in [1.54, 1.807) is 0 Å². The van der Waals surface area contributed by atoms with E-state index in [0.29, 0.717) is 31.6 Å². The summed E-state index contributed by atoms with van der Waals surface area (Å²) in [5.41, 5.74) is 0.857. The minimum absolute atomic E-state index is 0.0989. The van der Waals surface area contributed by atoms with Gasteiger partial charge >= 0.3 is 5.97 Å². The third-order valence-corrected chi connectivity index (χ3v) is 3.56. The van der Waals surface area contributed by atoms with Crippen molar-refractivity contribution in [2.75, 3.05) is 0 Å². The van der Waals surface area contributed by atoms with Crippen molar-refractivity contribution in [1.82, 2.24) is 10.5 Å². The first kappa shape index (κ1) is 13.6. The highest BCUT2D eigenvalue weighted by Gasteiger charge is 2.33. The van der Waals surface area contributed by atoms with Crippen LogP contribution in [0.1, 0.15) is 37.6 Å². The summed E-state index contributed by atoms with van der Waals surface area (Å²) in [5.74, 6) is -0.864. The normalized spacial score (nSPS) is 22.4. The van der Waals surface area contributed by atoms with Crippen molar-refractivity contribution in [3.8, 4) is 0 Å². The second-order valence-electron chi connectivity index (χ2n) is 4.90. The lowest BCUT2D eigenvalue weighted by molar-refractivity contribution is -0.141. The van der Waals surface area contributed by atoms with E-state index >= 15 is 0 Å². The SMILES string of the molecule is CCc1cc(CNC(=O)[C@H]2CC[C@@H](C(=O)O)C2)on1. The highest BCUT2D eigenvalue weighted by atomic mass is 16.5. The topological polar surface area (TPSA) is 92.4 Å². The summed E-state index contributed by atoms with van der Waals surface area (Å²) in [6, 6.07) is 1.81. The summed E-state index contributed by atoms with van der Waals surface area (Å²) in [4.78, 5) is 22.7. The van der Waals surface area contributed by atoms with E-state index in [4.69, 9.17) is 9.63 Å². The zero-order chi connectivity index (χ0) is 13.8. The van der Waals surface area contributed by atoms with E-state index in [1.807, 2.05) is 13.0 Å². The first-order valence-corrected chi connectivity index (χ1v) is 6.55. The van der Waals surface area contributed by atoms with Gasteiger partial charge in [0.05, 0.1) is 18.2 Å². The Balaban J connectivity index is 1.80. The molecule has 19 heavy (non-hydrogen) atoms. The number of rotatable bonds is 5. The van der Waals surface area contributed by atoms with Gasteiger partial charge in [0.15, 0.2) is 5.76 Å². The predicted molar refractivity (Wildman–Crippen MR) is 66.2 cm³/mol. The number of carbonyl (C=O) groups is 2. The zero-order valence-electron chi connectivity index (χ0n) is 10.9. The van der Waals surface area contributed by atoms with Crippen molar-refractivity contribution >= 4 is 11.9 Å². The molecule has 1 fully saturated rings. The third-order valence-electron chi connectivity index (χ3n) is 3.56. The van der Waals surface area contributed by atoms with Gasteiger partial charge in [0.25, 0.3) is 0 Å². The first-order chi connectivity index (χ1) is 9.10. The van der Waals surface area contributed by atoms with Gasteiger partial charge in [-0.15, -0.1) is 0 Å². The molecule has 2 N–H and O–H groups in total. The lowest BCUT2D eigenvalue weighted by Crippen LogP contribution is -2.29. The van der Waals surface area contributed by atoms with E-state index in [1.165, 1.54) is 0 Å². The van der Waals surface area contributed by atoms with Gasteiger partial charge in [-0.3, -0.25) is 9.59 Å². The Hall–Kier alpha value is -1.85. The van der Waals surface area contributed by atoms with Gasteiger partial charge < -0.3 is 14.9 Å². The van der Waals surface area contributed by atoms with Crippen LogP contribution in [-0.2, 0) is 22.6 Å². The van der Waals surface area contributed by atoms with Crippen molar-refractivity contribution in [3.63, 3.8) is 0 Å². The number of carbonyl (C=O) groups excluding carboxylic acids is 1. The maximum Gasteiger partial charge on any atom is 0.306 e. The van der Waals surface area contributed by atoms with Crippen molar-refractivity contribution in [2.45, 2.75) is 39.2 Å². The van der Waals surface area contributed by atoms with Gasteiger partial charge in [-0.25, -0.2) is 0 Å². The predicted octanol–water partition coefficient (Wildman–Crippen LogP) is 1.35. The molecule has 1 saturated carbocycles. The molecule has 0 radical (unpaired) electrons. The molecule has 6 heteroatoms. The largest absolute Gasteiger partial charge is 0.481 e. The zero-order valence-corrected chi connectivity index (χ0v) is 10.9. The Kier molecular flexibility index (Phi) is 4.19. The summed E-state index contributed by atoms with van der Waals surface area (Å²) in [7, 11) is 0. The standard InChI is InChI=1S/C13H18N2O4/c1-2-10-6-11(19-15-10)7-14-12(16)8-3-4-9(5-8)13(17)18/h6,8-9H,2-5,7H2,1H3,(H,14,16)(H,17,18)/t8-,9+/m0/s1. The Labute approximate surface area is 111 Å². The Morgan fingerprint density at radius 2 is 2.21 bits per heavy atom. The van der Waals surface area contributed by atoms with Crippen molar-refractivity contribution in [2.24, 2.45) is 11.8 Å². The van der Waals surface area contributed by atoms with Crippen molar-refractivity contribution in [1.29, 1.82) is 0 Å². The molecule has 0 unspecified atom stereocenters. The second kappa shape index (κ2) is 5.86. The summed E-state index contributed by atoms with van der Waals surface area (Å²) in [6.45, 7) is 2.28. The Bertz CT molecular complexity index is 469. The van der Waals surface area contributed by atoms with Gasteiger partial charge in [-0.05, 0) is 25.7 Å². The summed E-state index contributed by atoms with van der Waals surface area (Å²) < 4.78 is 5.07. The number of carboxylic acid groups (broad SMARTS) is 1. The van der Waals surface area contributed by atoms with E-state index in [9.17, 15) is 9.59 Å². The Morgan fingerprint density at radius 3 is 2.79 bits per heavy atom. The van der Waals surface area contributed by atoms with E-state index < -0.39 is 5.97 Å². The van der Waals surface area contributed by atoms with Crippen molar-refractivity contribution < 1.29 is 19.2 Å². The van der Waals surface area contributed by atoms with Crippen molar-refractivity contribution in [3.05, 3.63) is 17.5 Å². The van der Waals surface area contributed by atoms with Crippen LogP contribution in [-0.4, -0.2) is 22.1 Å². The molecule has 2 atom stereocenters. The average molecular weight is 266 g/mol. The molecule has 6 nitrogen and oxygen atoms in total. The molecular weight excluding hydrogens is 248 g/mol. The number of carboxylic acids is 1. The summed E-state index contributed by atoms with van der Waals surface area (Å²) >= 11 is 0. The highest BCUT2D eigenvalue weighted by Crippen LogP contribution is 2.31. The molecule has 1 aliphatic rings. The third kappa shape index (κ3) is 3.33. The summed E-state index contributed by atoms with van der Waals surface area (Å²) in [6.07, 6.45) is 2.44. The maximum absolute atomic E-state index is 11.9. The smallest absolute Gasteiger partial charge is 0.306 e. The number of nitrogens with zero attached hydrogens (tertiary/aromatic N) is 1. The van der Waals surface area contributed by atoms with Crippen LogP contribution in [0.3, 0.4) is 0 Å². The van der Waals surface area contributed by atoms with Gasteiger partial charge in [0.1, 0.15) is 0 Å². The van der Waals surface area contributed by atoms with Crippen LogP contribution < -0.4 is 5.32 Å². The molecule has 1 amide bonds. The van der Waals surface area contributed by atoms with E-state index in [0.717, 1.165) is 12.1 Å². The summed E-state index contributed by atoms with van der Waals surface area (Å²) in [5, 5.41) is 15.5. The van der Waals surface area contributed by atoms with Gasteiger partial charge in [0, 0.05) is 12.0 Å². The fraction of sp³-hybridized carbons (Fsp3) is 0.615. The highest BCUT2D eigenvalue weighted by molar-refractivity contribution is 5.80. The maximum atomic E-state index is 11.9. The number of aryl methyl sites for hydroxylation is 1. The van der Waals surface area contributed by atoms with Gasteiger partial charge in [-0.2, -0.15) is 0 Å². The number of aliphatic carboxylic acids is 1. The molecule has 0 saturated heterocycles. The number of amides is 1. The van der Waals surface area contributed by atoms with Crippen LogP contribution in [0.15, 0.2) is 10.6 Å². The molecule has 2 rings (SSSR count). The molecule has 0 aromatic carbocycles. The van der Waals surface area contributed by atoms with Crippen LogP contribution in [0.2, 0.25) is 0 Å². The van der Waals surface area contributed by atoms with Crippen LogP contribution in [0, 0.1) is 11.8 Å². The number of aromatic nitrogens is 1. The lowest BCUT2D eigenvalue weighted by Gasteiger charge is -2.09. The first-order valence-electron chi connectivity index (χ1n) is 6.55. The van der Waals surface area contributed by atoms with Gasteiger partial charge in [-0.1, -0.05) is 12.1 Å². The van der Waals surface area contributed by atoms with Gasteiger partial charge in [0.2, 0.25) is 5.91 Å². The molecule has 1 aliphatic carbocycles. The Morgan fingerprint density at radius 1 is 1.47 bits per heavy atom. The quantitative estimate of drug-likeness (QED) is 0.839. The number of hydrogen-bond donors (Lipinski definition) is 2. The average Bonchev–Trinajstić information content (AvgIpc) is 3.04. The van der Waals surface area contributed by atoms with Crippen LogP contribution in [0.5, 0.6) is 0 Å².